The zero-order chi connectivity index (χ0) is 8.55. The van der Waals surface area contributed by atoms with Crippen LogP contribution in [0.5, 0.6) is 0 Å². The van der Waals surface area contributed by atoms with Crippen molar-refractivity contribution in [1.82, 2.24) is 10.5 Å². The Balaban J connectivity index is 2.15. The van der Waals surface area contributed by atoms with Crippen LogP contribution in [0.4, 0.5) is 4.79 Å². The van der Waals surface area contributed by atoms with E-state index in [2.05, 4.69) is 10.5 Å². The number of nitrogens with zero attached hydrogens (tertiary/aromatic N) is 1. The van der Waals surface area contributed by atoms with Gasteiger partial charge >= 0.3 is 6.09 Å². The van der Waals surface area contributed by atoms with Crippen molar-refractivity contribution in [3.05, 3.63) is 17.5 Å². The molecule has 0 radical (unpaired) electrons. The van der Waals surface area contributed by atoms with E-state index in [0.717, 1.165) is 5.76 Å². The van der Waals surface area contributed by atoms with Gasteiger partial charge in [-0.15, -0.1) is 0 Å². The number of hydrogen-bond acceptors (Lipinski definition) is 4. The summed E-state index contributed by atoms with van der Waals surface area (Å²) in [5, 5.41) is 6.36. The predicted octanol–water partition coefficient (Wildman–Crippen LogP) is 0.764. The van der Waals surface area contributed by atoms with Gasteiger partial charge in [0.25, 0.3) is 0 Å². The van der Waals surface area contributed by atoms with E-state index < -0.39 is 6.09 Å². The number of carbonyl (C=O) groups excluding carboxylic acids is 1. The van der Waals surface area contributed by atoms with Gasteiger partial charge in [-0.3, -0.25) is 0 Å². The van der Waals surface area contributed by atoms with Crippen molar-refractivity contribution in [1.29, 1.82) is 0 Å². The van der Waals surface area contributed by atoms with Gasteiger partial charge in [0.15, 0.2) is 0 Å². The molecule has 1 amide bonds. The lowest BCUT2D eigenvalue weighted by molar-refractivity contribution is 0.176. The number of carbonyl (C=O) groups is 1. The monoisotopic (exact) mass is 168 g/mol. The highest BCUT2D eigenvalue weighted by molar-refractivity contribution is 5.69. The van der Waals surface area contributed by atoms with Crippen LogP contribution in [-0.4, -0.2) is 17.9 Å². The fourth-order valence-corrected chi connectivity index (χ4v) is 1.09. The third-order valence-corrected chi connectivity index (χ3v) is 1.68. The number of cyclic esters (lactones) is 1. The second-order valence-corrected chi connectivity index (χ2v) is 2.66. The quantitative estimate of drug-likeness (QED) is 0.672. The second kappa shape index (κ2) is 2.51. The summed E-state index contributed by atoms with van der Waals surface area (Å²) in [5.41, 5.74) is 0.707. The number of rotatable bonds is 1. The first-order valence-corrected chi connectivity index (χ1v) is 3.62. The molecule has 1 fully saturated rings. The molecule has 1 N–H and O–H groups in total. The second-order valence-electron chi connectivity index (χ2n) is 2.66. The molecule has 0 aliphatic carbocycles. The summed E-state index contributed by atoms with van der Waals surface area (Å²) < 4.78 is 9.55. The summed E-state index contributed by atoms with van der Waals surface area (Å²) in [6.45, 7) is 2.12. The number of amides is 1. The topological polar surface area (TPSA) is 64.4 Å². The molecule has 0 spiro atoms. The average molecular weight is 168 g/mol. The van der Waals surface area contributed by atoms with E-state index in [-0.39, 0.29) is 6.04 Å². The third kappa shape index (κ3) is 1.13. The van der Waals surface area contributed by atoms with Gasteiger partial charge in [-0.2, -0.15) is 0 Å². The van der Waals surface area contributed by atoms with Gasteiger partial charge < -0.3 is 14.6 Å². The first kappa shape index (κ1) is 7.15. The molecule has 1 aliphatic rings. The van der Waals surface area contributed by atoms with E-state index in [9.17, 15) is 4.79 Å². The van der Waals surface area contributed by atoms with Gasteiger partial charge in [-0.25, -0.2) is 4.79 Å². The zero-order valence-electron chi connectivity index (χ0n) is 6.53. The smallest absolute Gasteiger partial charge is 0.407 e. The van der Waals surface area contributed by atoms with Crippen LogP contribution in [0.25, 0.3) is 0 Å². The highest BCUT2D eigenvalue weighted by atomic mass is 16.6. The number of aromatic nitrogens is 1. The van der Waals surface area contributed by atoms with Gasteiger partial charge in [-0.05, 0) is 6.92 Å². The summed E-state index contributed by atoms with van der Waals surface area (Å²) >= 11 is 0. The molecule has 1 unspecified atom stereocenters. The Labute approximate surface area is 68.7 Å². The Hall–Kier alpha value is -1.52. The van der Waals surface area contributed by atoms with Crippen LogP contribution < -0.4 is 5.32 Å². The minimum atomic E-state index is -0.402. The Morgan fingerprint density at radius 1 is 1.75 bits per heavy atom. The molecular formula is C7H8N2O3. The number of ether oxygens (including phenoxy) is 1. The Morgan fingerprint density at radius 3 is 3.08 bits per heavy atom. The molecule has 1 saturated heterocycles. The zero-order valence-corrected chi connectivity index (χ0v) is 6.53. The molecule has 5 nitrogen and oxygen atoms in total. The van der Waals surface area contributed by atoms with E-state index in [1.807, 2.05) is 0 Å². The predicted molar refractivity (Wildman–Crippen MR) is 38.5 cm³/mol. The summed E-state index contributed by atoms with van der Waals surface area (Å²) in [4.78, 5) is 10.6. The Bertz CT molecular complexity index is 307. The van der Waals surface area contributed by atoms with Crippen LogP contribution in [0.1, 0.15) is 17.5 Å². The molecule has 64 valence electrons. The minimum Gasteiger partial charge on any atom is -0.447 e. The summed E-state index contributed by atoms with van der Waals surface area (Å²) in [7, 11) is 0. The van der Waals surface area contributed by atoms with Crippen molar-refractivity contribution < 1.29 is 14.1 Å². The number of hydrogen-bond donors (Lipinski definition) is 1. The largest absolute Gasteiger partial charge is 0.447 e. The molecule has 0 saturated carbocycles. The van der Waals surface area contributed by atoms with E-state index in [1.54, 1.807) is 13.0 Å². The van der Waals surface area contributed by atoms with Gasteiger partial charge in [0.1, 0.15) is 24.1 Å². The van der Waals surface area contributed by atoms with Crippen molar-refractivity contribution in [2.45, 2.75) is 13.0 Å². The van der Waals surface area contributed by atoms with Crippen LogP contribution in [0.15, 0.2) is 10.6 Å². The maximum atomic E-state index is 10.6. The summed E-state index contributed by atoms with van der Waals surface area (Å²) in [5.74, 6) is 0.728. The maximum absolute atomic E-state index is 10.6. The Kier molecular flexibility index (Phi) is 1.49. The van der Waals surface area contributed by atoms with E-state index in [0.29, 0.717) is 12.3 Å². The lowest BCUT2D eigenvalue weighted by Gasteiger charge is -1.98. The van der Waals surface area contributed by atoms with Gasteiger partial charge in [-0.1, -0.05) is 5.16 Å². The van der Waals surface area contributed by atoms with Crippen LogP contribution in [-0.2, 0) is 4.74 Å². The average Bonchev–Trinajstić information content (AvgIpc) is 2.58. The lowest BCUT2D eigenvalue weighted by Crippen LogP contribution is -2.18. The van der Waals surface area contributed by atoms with Crippen molar-refractivity contribution in [2.75, 3.05) is 6.61 Å². The summed E-state index contributed by atoms with van der Waals surface area (Å²) in [6.07, 6.45) is -0.402. The molecule has 1 aliphatic heterocycles. The Morgan fingerprint density at radius 2 is 2.58 bits per heavy atom. The number of alkyl carbamates (subject to hydrolysis) is 1. The molecule has 2 heterocycles. The maximum Gasteiger partial charge on any atom is 0.407 e. The van der Waals surface area contributed by atoms with Crippen LogP contribution in [0, 0.1) is 6.92 Å². The number of aryl methyl sites for hydroxylation is 1. The molecule has 0 bridgehead atoms. The lowest BCUT2D eigenvalue weighted by atomic mass is 10.2. The molecule has 0 aromatic carbocycles. The van der Waals surface area contributed by atoms with Crippen molar-refractivity contribution in [3.63, 3.8) is 0 Å². The first-order chi connectivity index (χ1) is 5.75. The minimum absolute atomic E-state index is 0.157. The SMILES string of the molecule is Cc1cc(C2COC(=O)N2)no1. The van der Waals surface area contributed by atoms with Gasteiger partial charge in [0.2, 0.25) is 0 Å². The standard InChI is InChI=1S/C7H8N2O3/c1-4-2-5(9-12-4)6-3-11-7(10)8-6/h2,6H,3H2,1H3,(H,8,10). The molecule has 1 atom stereocenters. The van der Waals surface area contributed by atoms with E-state index in [4.69, 9.17) is 9.26 Å². The van der Waals surface area contributed by atoms with Crippen LogP contribution in [0.3, 0.4) is 0 Å². The van der Waals surface area contributed by atoms with Crippen molar-refractivity contribution in [3.8, 4) is 0 Å². The molecule has 1 aromatic rings. The first-order valence-electron chi connectivity index (χ1n) is 3.62. The molecule has 2 rings (SSSR count). The fourth-order valence-electron chi connectivity index (χ4n) is 1.09. The van der Waals surface area contributed by atoms with Gasteiger partial charge in [0, 0.05) is 6.07 Å². The normalized spacial score (nSPS) is 22.1. The molecule has 1 aromatic heterocycles. The van der Waals surface area contributed by atoms with E-state index >= 15 is 0 Å². The van der Waals surface area contributed by atoms with Crippen LogP contribution in [0.2, 0.25) is 0 Å². The molecule has 5 heteroatoms. The third-order valence-electron chi connectivity index (χ3n) is 1.68. The number of nitrogens with one attached hydrogen (secondary N) is 1. The van der Waals surface area contributed by atoms with Gasteiger partial charge in [0.05, 0.1) is 0 Å². The molecule has 12 heavy (non-hydrogen) atoms. The summed E-state index contributed by atoms with van der Waals surface area (Å²) in [6, 6.07) is 1.62. The highest BCUT2D eigenvalue weighted by Gasteiger charge is 2.26. The fraction of sp³-hybridized carbons (Fsp3) is 0.429. The van der Waals surface area contributed by atoms with E-state index in [1.165, 1.54) is 0 Å². The molecular weight excluding hydrogens is 160 g/mol. The van der Waals surface area contributed by atoms with Crippen molar-refractivity contribution >= 4 is 6.09 Å². The van der Waals surface area contributed by atoms with Crippen molar-refractivity contribution in [2.24, 2.45) is 0 Å². The van der Waals surface area contributed by atoms with Crippen LogP contribution >= 0.6 is 0 Å². The highest BCUT2D eigenvalue weighted by Crippen LogP contribution is 2.17.